The van der Waals surface area contributed by atoms with E-state index in [9.17, 15) is 4.79 Å². The van der Waals surface area contributed by atoms with Gasteiger partial charge < -0.3 is 10.2 Å². The van der Waals surface area contributed by atoms with Crippen LogP contribution in [0, 0.1) is 12.3 Å². The molecule has 1 amide bonds. The number of rotatable bonds is 4. The fourth-order valence-electron chi connectivity index (χ4n) is 3.28. The highest BCUT2D eigenvalue weighted by Crippen LogP contribution is 2.27. The van der Waals surface area contributed by atoms with Gasteiger partial charge in [-0.25, -0.2) is 0 Å². The summed E-state index contributed by atoms with van der Waals surface area (Å²) in [5.41, 5.74) is -0.275. The van der Waals surface area contributed by atoms with Gasteiger partial charge in [0, 0.05) is 26.2 Å². The number of carbonyl (C=O) groups is 1. The smallest absolute Gasteiger partial charge is 0.242 e. The Hall–Kier alpha value is -1.05. The quantitative estimate of drug-likeness (QED) is 0.758. The Morgan fingerprint density at radius 2 is 2.11 bits per heavy atom. The van der Waals surface area contributed by atoms with Crippen LogP contribution in [0.25, 0.3) is 0 Å². The lowest BCUT2D eigenvalue weighted by molar-refractivity contribution is -0.140. The van der Waals surface area contributed by atoms with E-state index in [1.165, 1.54) is 0 Å². The predicted octanol–water partition coefficient (Wildman–Crippen LogP) is 0.686. The van der Waals surface area contributed by atoms with Gasteiger partial charge in [0.15, 0.2) is 0 Å². The van der Waals surface area contributed by atoms with E-state index in [1.807, 2.05) is 4.90 Å². The molecule has 0 saturated carbocycles. The van der Waals surface area contributed by atoms with Gasteiger partial charge in [-0.05, 0) is 25.8 Å². The monoisotopic (exact) mass is 263 g/mol. The maximum Gasteiger partial charge on any atom is 0.242 e. The van der Waals surface area contributed by atoms with Crippen LogP contribution in [-0.4, -0.2) is 60.5 Å². The summed E-state index contributed by atoms with van der Waals surface area (Å²) in [6, 6.07) is 0. The van der Waals surface area contributed by atoms with Gasteiger partial charge >= 0.3 is 0 Å². The molecule has 0 radical (unpaired) electrons. The number of carbonyl (C=O) groups excluding carboxylic acids is 1. The average molecular weight is 263 g/mol. The van der Waals surface area contributed by atoms with Gasteiger partial charge in [-0.2, -0.15) is 0 Å². The van der Waals surface area contributed by atoms with Crippen molar-refractivity contribution in [3.8, 4) is 12.3 Å². The Kier molecular flexibility index (Phi) is 4.84. The standard InChI is InChI=1S/C15H25N3O/c1-3-6-15(7-5-8-16-15)14(19)18-12-10-17(9-4-2)11-13-18/h2,16H,3,5-13H2,1H3. The van der Waals surface area contributed by atoms with Crippen molar-refractivity contribution in [1.29, 1.82) is 0 Å². The van der Waals surface area contributed by atoms with Crippen LogP contribution in [0.1, 0.15) is 32.6 Å². The molecule has 2 rings (SSSR count). The van der Waals surface area contributed by atoms with Gasteiger partial charge in [0.2, 0.25) is 5.91 Å². The molecule has 2 aliphatic rings. The molecule has 1 unspecified atom stereocenters. The lowest BCUT2D eigenvalue weighted by Crippen LogP contribution is -2.59. The summed E-state index contributed by atoms with van der Waals surface area (Å²) in [7, 11) is 0. The van der Waals surface area contributed by atoms with E-state index >= 15 is 0 Å². The molecule has 2 saturated heterocycles. The number of hydrogen-bond donors (Lipinski definition) is 1. The van der Waals surface area contributed by atoms with Crippen LogP contribution in [0.3, 0.4) is 0 Å². The van der Waals surface area contributed by atoms with Crippen molar-refractivity contribution < 1.29 is 4.79 Å². The zero-order chi connectivity index (χ0) is 13.7. The first-order valence-electron chi connectivity index (χ1n) is 7.42. The number of nitrogens with one attached hydrogen (secondary N) is 1. The van der Waals surface area contributed by atoms with Gasteiger partial charge in [-0.3, -0.25) is 9.69 Å². The summed E-state index contributed by atoms with van der Waals surface area (Å²) in [4.78, 5) is 17.0. The van der Waals surface area contributed by atoms with E-state index in [-0.39, 0.29) is 5.54 Å². The highest BCUT2D eigenvalue weighted by atomic mass is 16.2. The van der Waals surface area contributed by atoms with Crippen LogP contribution in [0.4, 0.5) is 0 Å². The lowest BCUT2D eigenvalue weighted by atomic mass is 9.90. The van der Waals surface area contributed by atoms with Gasteiger partial charge in [0.05, 0.1) is 12.1 Å². The predicted molar refractivity (Wildman–Crippen MR) is 76.7 cm³/mol. The van der Waals surface area contributed by atoms with E-state index < -0.39 is 0 Å². The third-order valence-corrected chi connectivity index (χ3v) is 4.30. The fraction of sp³-hybridized carbons (Fsp3) is 0.800. The summed E-state index contributed by atoms with van der Waals surface area (Å²) >= 11 is 0. The average Bonchev–Trinajstić information content (AvgIpc) is 2.89. The van der Waals surface area contributed by atoms with E-state index in [0.717, 1.165) is 58.4 Å². The molecular formula is C15H25N3O. The van der Waals surface area contributed by atoms with Gasteiger partial charge in [0.1, 0.15) is 0 Å². The molecule has 0 bridgehead atoms. The van der Waals surface area contributed by atoms with Crippen LogP contribution in [-0.2, 0) is 4.79 Å². The summed E-state index contributed by atoms with van der Waals surface area (Å²) in [6.07, 6.45) is 9.44. The molecule has 19 heavy (non-hydrogen) atoms. The Labute approximate surface area is 116 Å². The SMILES string of the molecule is C#CCN1CCN(C(=O)C2(CCC)CCCN2)CC1. The molecule has 0 spiro atoms. The van der Waals surface area contributed by atoms with E-state index in [4.69, 9.17) is 6.42 Å². The first kappa shape index (κ1) is 14.4. The van der Waals surface area contributed by atoms with Crippen molar-refractivity contribution in [2.24, 2.45) is 0 Å². The summed E-state index contributed by atoms with van der Waals surface area (Å²) in [5.74, 6) is 2.99. The topological polar surface area (TPSA) is 35.6 Å². The maximum absolute atomic E-state index is 12.8. The molecule has 1 atom stereocenters. The molecule has 1 N–H and O–H groups in total. The Morgan fingerprint density at radius 3 is 2.63 bits per heavy atom. The van der Waals surface area contributed by atoms with E-state index in [2.05, 4.69) is 23.1 Å². The van der Waals surface area contributed by atoms with E-state index in [1.54, 1.807) is 0 Å². The Balaban J connectivity index is 1.94. The molecule has 4 nitrogen and oxygen atoms in total. The largest absolute Gasteiger partial charge is 0.339 e. The second kappa shape index (κ2) is 6.40. The first-order valence-corrected chi connectivity index (χ1v) is 7.42. The van der Waals surface area contributed by atoms with E-state index in [0.29, 0.717) is 12.5 Å². The molecule has 106 valence electrons. The van der Waals surface area contributed by atoms with Crippen LogP contribution < -0.4 is 5.32 Å². The van der Waals surface area contributed by atoms with Crippen molar-refractivity contribution >= 4 is 5.91 Å². The lowest BCUT2D eigenvalue weighted by Gasteiger charge is -2.39. The van der Waals surface area contributed by atoms with Gasteiger partial charge in [0.25, 0.3) is 0 Å². The van der Waals surface area contributed by atoms with Crippen molar-refractivity contribution in [2.75, 3.05) is 39.3 Å². The van der Waals surface area contributed by atoms with Crippen molar-refractivity contribution in [3.63, 3.8) is 0 Å². The molecule has 2 heterocycles. The van der Waals surface area contributed by atoms with Crippen molar-refractivity contribution in [1.82, 2.24) is 15.1 Å². The van der Waals surface area contributed by atoms with Gasteiger partial charge in [-0.1, -0.05) is 19.3 Å². The summed E-state index contributed by atoms with van der Waals surface area (Å²) < 4.78 is 0. The molecule has 0 aromatic heterocycles. The maximum atomic E-state index is 12.8. The number of terminal acetylenes is 1. The van der Waals surface area contributed by atoms with Crippen molar-refractivity contribution in [2.45, 2.75) is 38.1 Å². The third kappa shape index (κ3) is 3.10. The minimum atomic E-state index is -0.275. The molecule has 0 aromatic rings. The molecular weight excluding hydrogens is 238 g/mol. The van der Waals surface area contributed by atoms with Crippen LogP contribution in [0.5, 0.6) is 0 Å². The second-order valence-electron chi connectivity index (χ2n) is 5.63. The number of piperazine rings is 1. The van der Waals surface area contributed by atoms with Crippen LogP contribution >= 0.6 is 0 Å². The first-order chi connectivity index (χ1) is 9.22. The number of hydrogen-bond acceptors (Lipinski definition) is 3. The molecule has 0 aliphatic carbocycles. The molecule has 2 aliphatic heterocycles. The zero-order valence-electron chi connectivity index (χ0n) is 12.0. The molecule has 4 heteroatoms. The van der Waals surface area contributed by atoms with Gasteiger partial charge in [-0.15, -0.1) is 6.42 Å². The fourth-order valence-corrected chi connectivity index (χ4v) is 3.28. The van der Waals surface area contributed by atoms with Crippen LogP contribution in [0.15, 0.2) is 0 Å². The van der Waals surface area contributed by atoms with Crippen LogP contribution in [0.2, 0.25) is 0 Å². The van der Waals surface area contributed by atoms with Crippen molar-refractivity contribution in [3.05, 3.63) is 0 Å². The second-order valence-corrected chi connectivity index (χ2v) is 5.63. The number of nitrogens with zero attached hydrogens (tertiary/aromatic N) is 2. The Bertz CT molecular complexity index is 347. The summed E-state index contributed by atoms with van der Waals surface area (Å²) in [6.45, 7) is 7.25. The highest BCUT2D eigenvalue weighted by Gasteiger charge is 2.42. The molecule has 2 fully saturated rings. The minimum Gasteiger partial charge on any atom is -0.339 e. The normalized spacial score (nSPS) is 28.3. The highest BCUT2D eigenvalue weighted by molar-refractivity contribution is 5.87. The zero-order valence-corrected chi connectivity index (χ0v) is 12.0. The minimum absolute atomic E-state index is 0.275. The molecule has 0 aromatic carbocycles. The third-order valence-electron chi connectivity index (χ3n) is 4.30. The summed E-state index contributed by atoms with van der Waals surface area (Å²) in [5, 5.41) is 3.47. The number of amides is 1. The Morgan fingerprint density at radius 1 is 1.37 bits per heavy atom.